The first-order valence-electron chi connectivity index (χ1n) is 11.5. The van der Waals surface area contributed by atoms with Crippen LogP contribution in [0.1, 0.15) is 55.7 Å². The molecule has 8 nitrogen and oxygen atoms in total. The molecule has 164 valence electrons. The van der Waals surface area contributed by atoms with Crippen LogP contribution in [-0.4, -0.2) is 44.7 Å². The number of aromatic nitrogens is 4. The van der Waals surface area contributed by atoms with E-state index >= 15 is 0 Å². The molecule has 3 aromatic heterocycles. The lowest BCUT2D eigenvalue weighted by Crippen LogP contribution is -2.56. The number of ether oxygens (including phenoxy) is 1. The number of fused-ring (bicyclic) bond motifs is 1. The van der Waals surface area contributed by atoms with E-state index in [0.717, 1.165) is 57.4 Å². The summed E-state index contributed by atoms with van der Waals surface area (Å²) in [6.07, 6.45) is 12.3. The van der Waals surface area contributed by atoms with Gasteiger partial charge in [-0.1, -0.05) is 12.5 Å². The van der Waals surface area contributed by atoms with Crippen molar-refractivity contribution in [2.45, 2.75) is 56.5 Å². The number of pyridine rings is 1. The molecule has 2 aliphatic carbocycles. The fraction of sp³-hybridized carbons (Fsp3) is 0.500. The van der Waals surface area contributed by atoms with Crippen LogP contribution in [0.5, 0.6) is 0 Å². The van der Waals surface area contributed by atoms with Crippen molar-refractivity contribution in [2.75, 3.05) is 23.8 Å². The SMILES string of the molecule is N#Cc1cnc(N[C@@H]2CCC[C@@H](c3cnc4ccccn34)C2)nc1NC1CC2(COC2)C1. The van der Waals surface area contributed by atoms with Gasteiger partial charge in [0.1, 0.15) is 23.1 Å². The normalized spacial score (nSPS) is 24.5. The van der Waals surface area contributed by atoms with Crippen LogP contribution in [-0.2, 0) is 4.74 Å². The molecule has 3 aliphatic rings. The molecule has 0 amide bonds. The first-order chi connectivity index (χ1) is 15.7. The molecule has 3 aromatic rings. The number of hydrogen-bond donors (Lipinski definition) is 2. The van der Waals surface area contributed by atoms with Crippen LogP contribution >= 0.6 is 0 Å². The molecule has 1 saturated heterocycles. The Labute approximate surface area is 187 Å². The zero-order valence-electron chi connectivity index (χ0n) is 18.0. The minimum atomic E-state index is 0.294. The van der Waals surface area contributed by atoms with E-state index in [-0.39, 0.29) is 0 Å². The standard InChI is InChI=1S/C24H27N7O/c25-11-17-12-27-23(30-22(17)28-19-9-24(10-19)14-32-15-24)29-18-5-3-4-16(8-18)20-13-26-21-6-1-2-7-31(20)21/h1-2,6-7,12-13,16,18-19H,3-5,8-10,14-15H2,(H2,27,28,29,30)/t16-,18-/m1/s1. The van der Waals surface area contributed by atoms with Crippen molar-refractivity contribution in [3.63, 3.8) is 0 Å². The molecule has 0 bridgehead atoms. The molecule has 1 spiro atoms. The molecule has 0 aromatic carbocycles. The number of rotatable bonds is 5. The van der Waals surface area contributed by atoms with Crippen LogP contribution in [0.25, 0.3) is 5.65 Å². The number of nitrogens with zero attached hydrogens (tertiary/aromatic N) is 5. The van der Waals surface area contributed by atoms with Gasteiger partial charge in [-0.25, -0.2) is 9.97 Å². The van der Waals surface area contributed by atoms with Crippen molar-refractivity contribution in [2.24, 2.45) is 5.41 Å². The minimum Gasteiger partial charge on any atom is -0.380 e. The summed E-state index contributed by atoms with van der Waals surface area (Å²) in [5, 5.41) is 16.5. The molecular weight excluding hydrogens is 402 g/mol. The van der Waals surface area contributed by atoms with Gasteiger partial charge >= 0.3 is 0 Å². The monoisotopic (exact) mass is 429 g/mol. The molecule has 2 saturated carbocycles. The first-order valence-corrected chi connectivity index (χ1v) is 11.5. The highest BCUT2D eigenvalue weighted by atomic mass is 16.5. The van der Waals surface area contributed by atoms with Crippen LogP contribution in [0.3, 0.4) is 0 Å². The molecule has 0 unspecified atom stereocenters. The first kappa shape index (κ1) is 19.5. The van der Waals surface area contributed by atoms with Gasteiger partial charge in [0.2, 0.25) is 5.95 Å². The van der Waals surface area contributed by atoms with Gasteiger partial charge in [-0.05, 0) is 44.2 Å². The molecule has 1 aliphatic heterocycles. The van der Waals surface area contributed by atoms with Crippen LogP contribution < -0.4 is 10.6 Å². The maximum absolute atomic E-state index is 9.50. The third-order valence-electron chi connectivity index (χ3n) is 7.30. The quantitative estimate of drug-likeness (QED) is 0.637. The zero-order valence-corrected chi connectivity index (χ0v) is 18.0. The van der Waals surface area contributed by atoms with Crippen LogP contribution in [0, 0.1) is 16.7 Å². The summed E-state index contributed by atoms with van der Waals surface area (Å²) in [4.78, 5) is 13.7. The Kier molecular flexibility index (Phi) is 4.72. The number of nitrogens with one attached hydrogen (secondary N) is 2. The van der Waals surface area contributed by atoms with Crippen molar-refractivity contribution in [1.82, 2.24) is 19.4 Å². The number of hydrogen-bond acceptors (Lipinski definition) is 7. The molecule has 6 rings (SSSR count). The Bertz CT molecular complexity index is 1170. The van der Waals surface area contributed by atoms with Gasteiger partial charge in [0, 0.05) is 41.5 Å². The maximum atomic E-state index is 9.50. The van der Waals surface area contributed by atoms with Crippen molar-refractivity contribution in [3.8, 4) is 6.07 Å². The van der Waals surface area contributed by atoms with E-state index in [4.69, 9.17) is 4.74 Å². The van der Waals surface area contributed by atoms with Gasteiger partial charge < -0.3 is 19.8 Å². The average molecular weight is 430 g/mol. The second-order valence-corrected chi connectivity index (χ2v) is 9.63. The summed E-state index contributed by atoms with van der Waals surface area (Å²) < 4.78 is 7.57. The Balaban J connectivity index is 1.15. The van der Waals surface area contributed by atoms with Crippen LogP contribution in [0.4, 0.5) is 11.8 Å². The molecule has 8 heteroatoms. The van der Waals surface area contributed by atoms with Crippen molar-refractivity contribution < 1.29 is 4.74 Å². The number of anilines is 2. The summed E-state index contributed by atoms with van der Waals surface area (Å²) in [5.74, 6) is 1.68. The summed E-state index contributed by atoms with van der Waals surface area (Å²) in [7, 11) is 0. The van der Waals surface area contributed by atoms with E-state index in [1.165, 1.54) is 5.69 Å². The van der Waals surface area contributed by atoms with Gasteiger partial charge in [-0.3, -0.25) is 0 Å². The number of imidazole rings is 1. The summed E-state index contributed by atoms with van der Waals surface area (Å²) in [5.41, 5.74) is 3.13. The second-order valence-electron chi connectivity index (χ2n) is 9.63. The third-order valence-corrected chi connectivity index (χ3v) is 7.30. The predicted molar refractivity (Wildman–Crippen MR) is 120 cm³/mol. The molecule has 0 radical (unpaired) electrons. The predicted octanol–water partition coefficient (Wildman–Crippen LogP) is 3.73. The summed E-state index contributed by atoms with van der Waals surface area (Å²) in [6, 6.07) is 8.99. The largest absolute Gasteiger partial charge is 0.380 e. The van der Waals surface area contributed by atoms with Gasteiger partial charge in [0.15, 0.2) is 0 Å². The van der Waals surface area contributed by atoms with E-state index in [0.29, 0.717) is 40.7 Å². The highest BCUT2D eigenvalue weighted by molar-refractivity contribution is 5.54. The summed E-state index contributed by atoms with van der Waals surface area (Å²) in [6.45, 7) is 1.73. The topological polar surface area (TPSA) is 100 Å². The van der Waals surface area contributed by atoms with E-state index in [1.54, 1.807) is 6.20 Å². The van der Waals surface area contributed by atoms with E-state index in [9.17, 15) is 5.26 Å². The Morgan fingerprint density at radius 1 is 1.09 bits per heavy atom. The van der Waals surface area contributed by atoms with Gasteiger partial charge in [0.05, 0.1) is 19.4 Å². The van der Waals surface area contributed by atoms with Gasteiger partial charge in [-0.15, -0.1) is 0 Å². The van der Waals surface area contributed by atoms with Crippen LogP contribution in [0.2, 0.25) is 0 Å². The molecule has 32 heavy (non-hydrogen) atoms. The molecule has 3 fully saturated rings. The van der Waals surface area contributed by atoms with E-state index in [1.807, 2.05) is 18.3 Å². The smallest absolute Gasteiger partial charge is 0.224 e. The van der Waals surface area contributed by atoms with Crippen molar-refractivity contribution >= 4 is 17.4 Å². The fourth-order valence-corrected chi connectivity index (χ4v) is 5.58. The highest BCUT2D eigenvalue weighted by Gasteiger charge is 2.50. The van der Waals surface area contributed by atoms with Crippen molar-refractivity contribution in [1.29, 1.82) is 5.26 Å². The molecule has 2 atom stereocenters. The van der Waals surface area contributed by atoms with Gasteiger partial charge in [-0.2, -0.15) is 10.2 Å². The van der Waals surface area contributed by atoms with E-state index < -0.39 is 0 Å². The lowest BCUT2D eigenvalue weighted by atomic mass is 9.64. The van der Waals surface area contributed by atoms with Gasteiger partial charge in [0.25, 0.3) is 0 Å². The van der Waals surface area contributed by atoms with Crippen LogP contribution in [0.15, 0.2) is 36.8 Å². The molecule has 4 heterocycles. The number of nitriles is 1. The maximum Gasteiger partial charge on any atom is 0.224 e. The Hall–Kier alpha value is -3.18. The molecular formula is C24H27N7O. The third kappa shape index (κ3) is 3.47. The lowest BCUT2D eigenvalue weighted by Gasteiger charge is -2.53. The zero-order chi connectivity index (χ0) is 21.5. The Morgan fingerprint density at radius 3 is 2.81 bits per heavy atom. The average Bonchev–Trinajstić information content (AvgIpc) is 3.19. The van der Waals surface area contributed by atoms with Crippen molar-refractivity contribution in [3.05, 3.63) is 48.0 Å². The second kappa shape index (κ2) is 7.75. The van der Waals surface area contributed by atoms with E-state index in [2.05, 4.69) is 48.3 Å². The fourth-order valence-electron chi connectivity index (χ4n) is 5.58. The lowest BCUT2D eigenvalue weighted by molar-refractivity contribution is -0.159. The Morgan fingerprint density at radius 2 is 2.00 bits per heavy atom. The minimum absolute atomic E-state index is 0.294. The molecule has 2 N–H and O–H groups in total. The highest BCUT2D eigenvalue weighted by Crippen LogP contribution is 2.48. The summed E-state index contributed by atoms with van der Waals surface area (Å²) >= 11 is 0.